The molecule has 0 radical (unpaired) electrons. The van der Waals surface area contributed by atoms with Gasteiger partial charge in [-0.25, -0.2) is 15.0 Å². The third-order valence-electron chi connectivity index (χ3n) is 5.37. The van der Waals surface area contributed by atoms with Crippen LogP contribution in [0.5, 0.6) is 11.6 Å². The van der Waals surface area contributed by atoms with Crippen molar-refractivity contribution in [3.8, 4) is 22.9 Å². The van der Waals surface area contributed by atoms with E-state index in [0.717, 1.165) is 36.4 Å². The van der Waals surface area contributed by atoms with Crippen molar-refractivity contribution < 1.29 is 22.6 Å². The van der Waals surface area contributed by atoms with Gasteiger partial charge >= 0.3 is 6.18 Å². The maximum absolute atomic E-state index is 12.8. The van der Waals surface area contributed by atoms with E-state index >= 15 is 0 Å². The van der Waals surface area contributed by atoms with E-state index in [2.05, 4.69) is 14.9 Å². The van der Waals surface area contributed by atoms with Gasteiger partial charge in [-0.2, -0.15) is 13.2 Å². The van der Waals surface area contributed by atoms with Gasteiger partial charge in [0.15, 0.2) is 5.75 Å². The highest BCUT2D eigenvalue weighted by molar-refractivity contribution is 5.86. The second-order valence-electron chi connectivity index (χ2n) is 7.52. The number of fused-ring (bicyclic) bond motifs is 1. The van der Waals surface area contributed by atoms with Crippen LogP contribution >= 0.6 is 0 Å². The van der Waals surface area contributed by atoms with Gasteiger partial charge in [0.05, 0.1) is 24.5 Å². The highest BCUT2D eigenvalue weighted by atomic mass is 19.4. The van der Waals surface area contributed by atoms with Crippen LogP contribution in [0.2, 0.25) is 0 Å². The second kappa shape index (κ2) is 8.67. The quantitative estimate of drug-likeness (QED) is 0.417. The summed E-state index contributed by atoms with van der Waals surface area (Å²) >= 11 is 0. The van der Waals surface area contributed by atoms with Gasteiger partial charge in [0.1, 0.15) is 17.7 Å². The van der Waals surface area contributed by atoms with Crippen LogP contribution in [0.4, 0.5) is 19.0 Å². The molecule has 9 heteroatoms. The lowest BCUT2D eigenvalue weighted by Crippen LogP contribution is -2.36. The number of nitrogens with zero attached hydrogens (tertiary/aromatic N) is 4. The molecule has 0 aliphatic carbocycles. The molecule has 33 heavy (non-hydrogen) atoms. The summed E-state index contributed by atoms with van der Waals surface area (Å²) in [5, 5.41) is 0.918. The molecule has 2 aromatic heterocycles. The third kappa shape index (κ3) is 4.58. The minimum absolute atomic E-state index is 0.269. The highest BCUT2D eigenvalue weighted by Gasteiger charge is 2.30. The summed E-state index contributed by atoms with van der Waals surface area (Å²) in [4.78, 5) is 15.3. The van der Waals surface area contributed by atoms with E-state index in [1.54, 1.807) is 12.1 Å². The van der Waals surface area contributed by atoms with Gasteiger partial charge < -0.3 is 14.4 Å². The van der Waals surface area contributed by atoms with Crippen LogP contribution in [0.15, 0.2) is 67.0 Å². The van der Waals surface area contributed by atoms with E-state index in [1.165, 1.54) is 18.5 Å². The van der Waals surface area contributed by atoms with Crippen molar-refractivity contribution in [1.29, 1.82) is 0 Å². The summed E-state index contributed by atoms with van der Waals surface area (Å²) in [6.45, 7) is 2.85. The average molecular weight is 452 g/mol. The first-order valence-electron chi connectivity index (χ1n) is 10.4. The Kier molecular flexibility index (Phi) is 5.55. The Morgan fingerprint density at radius 1 is 0.909 bits per heavy atom. The Morgan fingerprint density at radius 3 is 2.45 bits per heavy atom. The smallest absolute Gasteiger partial charge is 0.416 e. The number of morpholine rings is 1. The van der Waals surface area contributed by atoms with Gasteiger partial charge in [0, 0.05) is 30.1 Å². The van der Waals surface area contributed by atoms with E-state index in [9.17, 15) is 13.2 Å². The molecule has 0 bridgehead atoms. The van der Waals surface area contributed by atoms with Crippen molar-refractivity contribution in [3.05, 3.63) is 72.6 Å². The molecule has 1 saturated heterocycles. The molecule has 0 amide bonds. The number of anilines is 1. The molecular formula is C24H19F3N4O2. The number of para-hydroxylation sites is 1. The number of hydrogen-bond acceptors (Lipinski definition) is 6. The zero-order valence-corrected chi connectivity index (χ0v) is 17.4. The molecule has 0 saturated carbocycles. The van der Waals surface area contributed by atoms with Crippen LogP contribution in [0, 0.1) is 0 Å². The first-order chi connectivity index (χ1) is 16.0. The van der Waals surface area contributed by atoms with E-state index < -0.39 is 11.7 Å². The van der Waals surface area contributed by atoms with Crippen LogP contribution in [0.1, 0.15) is 5.56 Å². The Morgan fingerprint density at radius 2 is 1.70 bits per heavy atom. The largest absolute Gasteiger partial charge is 0.437 e. The minimum Gasteiger partial charge on any atom is -0.437 e. The maximum Gasteiger partial charge on any atom is 0.416 e. The molecule has 1 fully saturated rings. The van der Waals surface area contributed by atoms with Crippen molar-refractivity contribution in [2.45, 2.75) is 6.18 Å². The normalized spacial score (nSPS) is 14.5. The average Bonchev–Trinajstić information content (AvgIpc) is 2.84. The predicted octanol–water partition coefficient (Wildman–Crippen LogP) is 5.34. The monoisotopic (exact) mass is 452 g/mol. The molecule has 0 atom stereocenters. The fraction of sp³-hybridized carbons (Fsp3) is 0.208. The zero-order valence-electron chi connectivity index (χ0n) is 17.4. The molecule has 6 nitrogen and oxygen atoms in total. The molecular weight excluding hydrogens is 433 g/mol. The molecule has 4 aromatic rings. The lowest BCUT2D eigenvalue weighted by Gasteiger charge is -2.28. The van der Waals surface area contributed by atoms with Gasteiger partial charge in [-0.15, -0.1) is 0 Å². The molecule has 1 aliphatic heterocycles. The number of ether oxygens (including phenoxy) is 2. The Bertz CT molecular complexity index is 1270. The number of rotatable bonds is 4. The highest BCUT2D eigenvalue weighted by Crippen LogP contribution is 2.33. The van der Waals surface area contributed by atoms with Crippen molar-refractivity contribution in [2.75, 3.05) is 31.2 Å². The summed E-state index contributed by atoms with van der Waals surface area (Å²) in [6.07, 6.45) is -3.07. The number of alkyl halides is 3. The lowest BCUT2D eigenvalue weighted by atomic mass is 10.1. The molecule has 0 unspecified atom stereocenters. The van der Waals surface area contributed by atoms with Gasteiger partial charge in [0.25, 0.3) is 0 Å². The van der Waals surface area contributed by atoms with E-state index in [-0.39, 0.29) is 5.88 Å². The first kappa shape index (κ1) is 21.1. The van der Waals surface area contributed by atoms with Gasteiger partial charge in [-0.05, 0) is 30.3 Å². The summed E-state index contributed by atoms with van der Waals surface area (Å²) in [7, 11) is 0. The number of pyridine rings is 1. The van der Waals surface area contributed by atoms with Crippen LogP contribution < -0.4 is 9.64 Å². The SMILES string of the molecule is FC(F)(F)c1ccc(-c2cc(Oc3cccc4ccc(N5CCOCC5)nc34)ncn2)cc1. The summed E-state index contributed by atoms with van der Waals surface area (Å²) in [5.74, 6) is 1.64. The van der Waals surface area contributed by atoms with E-state index in [4.69, 9.17) is 14.5 Å². The predicted molar refractivity (Wildman–Crippen MR) is 117 cm³/mol. The van der Waals surface area contributed by atoms with Crippen molar-refractivity contribution in [3.63, 3.8) is 0 Å². The molecule has 2 aromatic carbocycles. The fourth-order valence-electron chi connectivity index (χ4n) is 3.66. The number of benzene rings is 2. The number of halogens is 3. The Hall–Kier alpha value is -3.72. The molecule has 3 heterocycles. The van der Waals surface area contributed by atoms with Crippen molar-refractivity contribution in [1.82, 2.24) is 15.0 Å². The molecule has 0 spiro atoms. The molecule has 1 aliphatic rings. The second-order valence-corrected chi connectivity index (χ2v) is 7.52. The van der Waals surface area contributed by atoms with E-state index in [1.807, 2.05) is 24.3 Å². The van der Waals surface area contributed by atoms with Crippen molar-refractivity contribution >= 4 is 16.7 Å². The van der Waals surface area contributed by atoms with Gasteiger partial charge in [0.2, 0.25) is 5.88 Å². The minimum atomic E-state index is -4.39. The fourth-order valence-corrected chi connectivity index (χ4v) is 3.66. The third-order valence-corrected chi connectivity index (χ3v) is 5.37. The summed E-state index contributed by atoms with van der Waals surface area (Å²) in [5.41, 5.74) is 0.961. The van der Waals surface area contributed by atoms with Gasteiger partial charge in [-0.1, -0.05) is 24.3 Å². The van der Waals surface area contributed by atoms with Gasteiger partial charge in [-0.3, -0.25) is 0 Å². The Balaban J connectivity index is 1.44. The summed E-state index contributed by atoms with van der Waals surface area (Å²) < 4.78 is 50.0. The Labute approximate surface area is 187 Å². The van der Waals surface area contributed by atoms with E-state index in [0.29, 0.717) is 35.7 Å². The molecule has 5 rings (SSSR count). The zero-order chi connectivity index (χ0) is 22.8. The van der Waals surface area contributed by atoms with Crippen LogP contribution in [0.3, 0.4) is 0 Å². The maximum atomic E-state index is 12.8. The first-order valence-corrected chi connectivity index (χ1v) is 10.4. The number of aromatic nitrogens is 3. The molecule has 168 valence electrons. The topological polar surface area (TPSA) is 60.4 Å². The van der Waals surface area contributed by atoms with Crippen LogP contribution in [0.25, 0.3) is 22.2 Å². The standard InChI is InChI=1S/C24H19F3N4O2/c25-24(26,27)18-7-4-16(5-8-18)19-14-22(29-15-28-19)33-20-3-1-2-17-6-9-21(30-23(17)20)31-10-12-32-13-11-31/h1-9,14-15H,10-13H2. The van der Waals surface area contributed by atoms with Crippen LogP contribution in [-0.2, 0) is 10.9 Å². The van der Waals surface area contributed by atoms with Crippen molar-refractivity contribution in [2.24, 2.45) is 0 Å². The van der Waals surface area contributed by atoms with Crippen LogP contribution in [-0.4, -0.2) is 41.3 Å². The lowest BCUT2D eigenvalue weighted by molar-refractivity contribution is -0.137. The number of hydrogen-bond donors (Lipinski definition) is 0. The summed E-state index contributed by atoms with van der Waals surface area (Å²) in [6, 6.07) is 16.0. The molecule has 0 N–H and O–H groups in total.